The maximum absolute atomic E-state index is 12.8. The van der Waals surface area contributed by atoms with Crippen LogP contribution >= 0.6 is 11.6 Å². The molecule has 32 heavy (non-hydrogen) atoms. The first-order valence-electron chi connectivity index (χ1n) is 10.0. The van der Waals surface area contributed by atoms with Crippen LogP contribution in [0, 0.1) is 5.92 Å². The maximum atomic E-state index is 12.8. The molecule has 0 aliphatic carbocycles. The molecule has 9 nitrogen and oxygen atoms in total. The predicted octanol–water partition coefficient (Wildman–Crippen LogP) is 3.57. The van der Waals surface area contributed by atoms with Gasteiger partial charge in [-0.15, -0.1) is 0 Å². The van der Waals surface area contributed by atoms with Crippen molar-refractivity contribution in [2.24, 2.45) is 5.92 Å². The molecule has 4 heterocycles. The number of pyridine rings is 1. The molecule has 1 aliphatic rings. The number of nitrogen functional groups attached to an aromatic ring is 1. The first-order chi connectivity index (χ1) is 15.5. The van der Waals surface area contributed by atoms with E-state index in [9.17, 15) is 9.59 Å². The molecule has 0 spiro atoms. The molecule has 0 amide bonds. The van der Waals surface area contributed by atoms with Crippen molar-refractivity contribution in [2.75, 3.05) is 23.7 Å². The minimum Gasteiger partial charge on any atom is -0.454 e. The molecule has 1 aromatic carbocycles. The highest BCUT2D eigenvalue weighted by molar-refractivity contribution is 6.35. The first kappa shape index (κ1) is 20.2. The second-order valence-corrected chi connectivity index (χ2v) is 7.95. The summed E-state index contributed by atoms with van der Waals surface area (Å²) in [4.78, 5) is 38.7. The van der Waals surface area contributed by atoms with Gasteiger partial charge in [-0.1, -0.05) is 17.7 Å². The Morgan fingerprint density at radius 1 is 1.19 bits per heavy atom. The Kier molecular flexibility index (Phi) is 5.10. The number of aldehydes is 1. The number of hydrogen-bond acceptors (Lipinski definition) is 9. The van der Waals surface area contributed by atoms with Gasteiger partial charge in [-0.2, -0.15) is 0 Å². The average molecular weight is 452 g/mol. The van der Waals surface area contributed by atoms with Gasteiger partial charge in [0.1, 0.15) is 11.9 Å². The van der Waals surface area contributed by atoms with Gasteiger partial charge in [0.15, 0.2) is 28.4 Å². The van der Waals surface area contributed by atoms with Crippen LogP contribution in [-0.2, 0) is 4.79 Å². The van der Waals surface area contributed by atoms with Crippen LogP contribution in [0.25, 0.3) is 22.1 Å². The minimum atomic E-state index is -0.365. The summed E-state index contributed by atoms with van der Waals surface area (Å²) in [6.45, 7) is 1.45. The minimum absolute atomic E-state index is 0.0243. The van der Waals surface area contributed by atoms with Crippen molar-refractivity contribution >= 4 is 51.7 Å². The van der Waals surface area contributed by atoms with Gasteiger partial charge in [0.05, 0.1) is 22.8 Å². The number of carbonyl (C=O) groups excluding carboxylic acids is 1. The third kappa shape index (κ3) is 3.60. The Bertz CT molecular complexity index is 1380. The van der Waals surface area contributed by atoms with Crippen molar-refractivity contribution in [2.45, 2.75) is 12.8 Å². The second-order valence-electron chi connectivity index (χ2n) is 7.54. The fourth-order valence-electron chi connectivity index (χ4n) is 3.75. The topological polar surface area (TPSA) is 124 Å². The van der Waals surface area contributed by atoms with Gasteiger partial charge in [0.2, 0.25) is 11.4 Å². The zero-order valence-corrected chi connectivity index (χ0v) is 17.6. The zero-order valence-electron chi connectivity index (χ0n) is 16.8. The van der Waals surface area contributed by atoms with Crippen LogP contribution in [0.2, 0.25) is 5.02 Å². The van der Waals surface area contributed by atoms with Gasteiger partial charge in [-0.3, -0.25) is 4.79 Å². The lowest BCUT2D eigenvalue weighted by molar-refractivity contribution is -0.111. The molecular weight excluding hydrogens is 434 g/mol. The highest BCUT2D eigenvalue weighted by atomic mass is 35.5. The highest BCUT2D eigenvalue weighted by Crippen LogP contribution is 2.31. The Labute approximate surface area is 186 Å². The Hall–Kier alpha value is -3.72. The number of piperidine rings is 1. The van der Waals surface area contributed by atoms with Crippen molar-refractivity contribution in [3.8, 4) is 11.5 Å². The van der Waals surface area contributed by atoms with Gasteiger partial charge in [-0.05, 0) is 25.0 Å². The molecular formula is C22H18ClN5O4. The molecule has 10 heteroatoms. The number of ether oxygens (including phenoxy) is 1. The summed E-state index contributed by atoms with van der Waals surface area (Å²) in [5.74, 6) is 1.27. The van der Waals surface area contributed by atoms with Gasteiger partial charge >= 0.3 is 0 Å². The smallest absolute Gasteiger partial charge is 0.225 e. The molecule has 0 unspecified atom stereocenters. The van der Waals surface area contributed by atoms with E-state index in [1.165, 1.54) is 18.5 Å². The van der Waals surface area contributed by atoms with E-state index >= 15 is 0 Å². The number of halogens is 1. The lowest BCUT2D eigenvalue weighted by atomic mass is 9.99. The van der Waals surface area contributed by atoms with E-state index < -0.39 is 0 Å². The van der Waals surface area contributed by atoms with Crippen molar-refractivity contribution in [1.29, 1.82) is 0 Å². The number of fused-ring (bicyclic) bond motifs is 2. The van der Waals surface area contributed by atoms with E-state index in [1.807, 2.05) is 4.90 Å². The normalized spacial score (nSPS) is 14.7. The standard InChI is InChI=1S/C22H18ClN5O4/c23-14-2-1-3-15-18(14)20(30)19-16(32-15)8-17(21(24)27-19)31-13-9-25-22(26-10-13)28-6-4-12(11-29)5-7-28/h1-3,8-12H,4-7H2,(H2,24,27). The van der Waals surface area contributed by atoms with Crippen molar-refractivity contribution < 1.29 is 13.9 Å². The average Bonchev–Trinajstić information content (AvgIpc) is 2.81. The quantitative estimate of drug-likeness (QED) is 0.366. The number of rotatable bonds is 4. The van der Waals surface area contributed by atoms with E-state index in [0.717, 1.165) is 32.2 Å². The first-order valence-corrected chi connectivity index (χ1v) is 10.4. The highest BCUT2D eigenvalue weighted by Gasteiger charge is 2.21. The van der Waals surface area contributed by atoms with Crippen molar-refractivity contribution in [3.05, 3.63) is 51.9 Å². The number of aromatic nitrogens is 3. The molecule has 0 radical (unpaired) electrons. The Morgan fingerprint density at radius 3 is 2.66 bits per heavy atom. The summed E-state index contributed by atoms with van der Waals surface area (Å²) >= 11 is 6.15. The van der Waals surface area contributed by atoms with Crippen molar-refractivity contribution in [1.82, 2.24) is 15.0 Å². The number of carbonyl (C=O) groups is 1. The lowest BCUT2D eigenvalue weighted by Gasteiger charge is -2.29. The third-order valence-corrected chi connectivity index (χ3v) is 5.79. The van der Waals surface area contributed by atoms with E-state index in [2.05, 4.69) is 15.0 Å². The number of nitrogens with zero attached hydrogens (tertiary/aromatic N) is 4. The summed E-state index contributed by atoms with van der Waals surface area (Å²) in [6, 6.07) is 6.48. The largest absolute Gasteiger partial charge is 0.454 e. The van der Waals surface area contributed by atoms with Crippen LogP contribution in [0.15, 0.2) is 45.9 Å². The summed E-state index contributed by atoms with van der Waals surface area (Å²) in [7, 11) is 0. The van der Waals surface area contributed by atoms with Crippen LogP contribution in [0.4, 0.5) is 11.8 Å². The van der Waals surface area contributed by atoms with Gasteiger partial charge in [0, 0.05) is 25.1 Å². The van der Waals surface area contributed by atoms with Crippen LogP contribution < -0.4 is 20.8 Å². The van der Waals surface area contributed by atoms with E-state index in [4.69, 9.17) is 26.5 Å². The van der Waals surface area contributed by atoms with Crippen LogP contribution in [-0.4, -0.2) is 34.3 Å². The fraction of sp³-hybridized carbons (Fsp3) is 0.227. The number of benzene rings is 1. The summed E-state index contributed by atoms with van der Waals surface area (Å²) < 4.78 is 11.6. The van der Waals surface area contributed by atoms with E-state index in [1.54, 1.807) is 18.2 Å². The lowest BCUT2D eigenvalue weighted by Crippen LogP contribution is -2.35. The molecule has 5 rings (SSSR count). The van der Waals surface area contributed by atoms with Crippen LogP contribution in [0.3, 0.4) is 0 Å². The number of hydrogen-bond donors (Lipinski definition) is 1. The summed E-state index contributed by atoms with van der Waals surface area (Å²) in [6.07, 6.45) is 5.66. The molecule has 0 atom stereocenters. The summed E-state index contributed by atoms with van der Waals surface area (Å²) in [5, 5.41) is 0.537. The molecule has 1 fully saturated rings. The second kappa shape index (κ2) is 8.08. The molecule has 3 aromatic heterocycles. The van der Waals surface area contributed by atoms with Crippen LogP contribution in [0.5, 0.6) is 11.5 Å². The maximum Gasteiger partial charge on any atom is 0.225 e. The molecule has 0 bridgehead atoms. The molecule has 4 aromatic rings. The molecule has 162 valence electrons. The summed E-state index contributed by atoms with van der Waals surface area (Å²) in [5.41, 5.74) is 6.31. The Balaban J connectivity index is 1.43. The van der Waals surface area contributed by atoms with Gasteiger partial charge < -0.3 is 24.6 Å². The number of anilines is 2. The third-order valence-electron chi connectivity index (χ3n) is 5.47. The van der Waals surface area contributed by atoms with Gasteiger partial charge in [-0.25, -0.2) is 15.0 Å². The monoisotopic (exact) mass is 451 g/mol. The number of nitrogens with two attached hydrogens (primary N) is 1. The molecule has 1 saturated heterocycles. The molecule has 0 saturated carbocycles. The molecule has 2 N–H and O–H groups in total. The van der Waals surface area contributed by atoms with Crippen LogP contribution in [0.1, 0.15) is 12.8 Å². The Morgan fingerprint density at radius 2 is 1.94 bits per heavy atom. The van der Waals surface area contributed by atoms with Gasteiger partial charge in [0.25, 0.3) is 0 Å². The van der Waals surface area contributed by atoms with Crippen molar-refractivity contribution in [3.63, 3.8) is 0 Å². The zero-order chi connectivity index (χ0) is 22.2. The van der Waals surface area contributed by atoms with E-state index in [0.29, 0.717) is 17.3 Å². The fourth-order valence-corrected chi connectivity index (χ4v) is 4.00. The van der Waals surface area contributed by atoms with E-state index in [-0.39, 0.29) is 44.4 Å². The molecule has 1 aliphatic heterocycles. The predicted molar refractivity (Wildman–Crippen MR) is 120 cm³/mol. The SMILES string of the molecule is Nc1nc2c(=O)c3c(Cl)cccc3oc2cc1Oc1cnc(N2CCC(C=O)CC2)nc1.